The second kappa shape index (κ2) is 6.43. The van der Waals surface area contributed by atoms with Crippen molar-refractivity contribution >= 4 is 0 Å². The number of aryl methyl sites for hydroxylation is 2. The van der Waals surface area contributed by atoms with Crippen molar-refractivity contribution in [1.82, 2.24) is 10.5 Å². The highest BCUT2D eigenvalue weighted by Gasteiger charge is 2.11. The van der Waals surface area contributed by atoms with Gasteiger partial charge in [0.1, 0.15) is 23.9 Å². The minimum absolute atomic E-state index is 0.449. The molecular formula is C15H20N2O3. The van der Waals surface area contributed by atoms with E-state index in [4.69, 9.17) is 14.0 Å². The Morgan fingerprint density at radius 1 is 1.30 bits per heavy atom. The van der Waals surface area contributed by atoms with Crippen LogP contribution in [0.1, 0.15) is 22.6 Å². The van der Waals surface area contributed by atoms with E-state index in [2.05, 4.69) is 10.5 Å². The Morgan fingerprint density at radius 3 is 2.70 bits per heavy atom. The quantitative estimate of drug-likeness (QED) is 0.879. The lowest BCUT2D eigenvalue weighted by atomic mass is 10.2. The minimum Gasteiger partial charge on any atom is -0.497 e. The predicted octanol–water partition coefficient (Wildman–Crippen LogP) is 2.60. The lowest BCUT2D eigenvalue weighted by Gasteiger charge is -2.12. The first-order valence-corrected chi connectivity index (χ1v) is 6.51. The van der Waals surface area contributed by atoms with Crippen LogP contribution in [-0.2, 0) is 13.2 Å². The molecule has 20 heavy (non-hydrogen) atoms. The zero-order valence-corrected chi connectivity index (χ0v) is 12.3. The van der Waals surface area contributed by atoms with Crippen LogP contribution in [0.15, 0.2) is 22.7 Å². The first-order chi connectivity index (χ1) is 9.65. The van der Waals surface area contributed by atoms with Crippen LogP contribution in [0.5, 0.6) is 11.5 Å². The van der Waals surface area contributed by atoms with Crippen molar-refractivity contribution in [3.8, 4) is 11.5 Å². The summed E-state index contributed by atoms with van der Waals surface area (Å²) in [6, 6.07) is 5.78. The third kappa shape index (κ3) is 3.11. The highest BCUT2D eigenvalue weighted by Crippen LogP contribution is 2.25. The Balaban J connectivity index is 2.16. The van der Waals surface area contributed by atoms with Crippen LogP contribution in [0.25, 0.3) is 0 Å². The summed E-state index contributed by atoms with van der Waals surface area (Å²) < 4.78 is 16.3. The van der Waals surface area contributed by atoms with Gasteiger partial charge in [0.25, 0.3) is 0 Å². The van der Waals surface area contributed by atoms with Crippen LogP contribution in [0.4, 0.5) is 0 Å². The molecule has 1 aromatic heterocycles. The summed E-state index contributed by atoms with van der Waals surface area (Å²) in [5.41, 5.74) is 2.92. The molecule has 0 aliphatic rings. The van der Waals surface area contributed by atoms with E-state index in [0.29, 0.717) is 13.2 Å². The Kier molecular flexibility index (Phi) is 4.63. The molecule has 0 bridgehead atoms. The SMILES string of the molecule is CNCc1cc(OC)ccc1OCc1c(C)noc1C. The van der Waals surface area contributed by atoms with Crippen molar-refractivity contribution in [3.05, 3.63) is 40.8 Å². The molecule has 0 radical (unpaired) electrons. The molecule has 1 heterocycles. The van der Waals surface area contributed by atoms with Crippen LogP contribution in [0, 0.1) is 13.8 Å². The van der Waals surface area contributed by atoms with Gasteiger partial charge in [-0.05, 0) is 39.1 Å². The van der Waals surface area contributed by atoms with E-state index in [1.54, 1.807) is 7.11 Å². The minimum atomic E-state index is 0.449. The number of aromatic nitrogens is 1. The molecule has 2 aromatic rings. The molecule has 1 aromatic carbocycles. The van der Waals surface area contributed by atoms with Crippen molar-refractivity contribution in [2.24, 2.45) is 0 Å². The number of hydrogen-bond acceptors (Lipinski definition) is 5. The average molecular weight is 276 g/mol. The molecule has 0 aliphatic carbocycles. The van der Waals surface area contributed by atoms with Gasteiger partial charge in [-0.2, -0.15) is 0 Å². The lowest BCUT2D eigenvalue weighted by Crippen LogP contribution is -2.08. The average Bonchev–Trinajstić information content (AvgIpc) is 2.77. The van der Waals surface area contributed by atoms with Gasteiger partial charge in [-0.3, -0.25) is 0 Å². The van der Waals surface area contributed by atoms with Crippen molar-refractivity contribution < 1.29 is 14.0 Å². The Morgan fingerprint density at radius 2 is 2.10 bits per heavy atom. The molecule has 0 aliphatic heterocycles. The third-order valence-electron chi connectivity index (χ3n) is 3.19. The van der Waals surface area contributed by atoms with E-state index in [-0.39, 0.29) is 0 Å². The molecule has 1 N–H and O–H groups in total. The number of rotatable bonds is 6. The Bertz CT molecular complexity index is 559. The van der Waals surface area contributed by atoms with Crippen LogP contribution >= 0.6 is 0 Å². The summed E-state index contributed by atoms with van der Waals surface area (Å²) in [5.74, 6) is 2.45. The second-order valence-electron chi connectivity index (χ2n) is 4.60. The van der Waals surface area contributed by atoms with Gasteiger partial charge in [-0.25, -0.2) is 0 Å². The number of benzene rings is 1. The maximum atomic E-state index is 5.90. The molecule has 0 atom stereocenters. The third-order valence-corrected chi connectivity index (χ3v) is 3.19. The van der Waals surface area contributed by atoms with Gasteiger partial charge in [0.05, 0.1) is 18.4 Å². The van der Waals surface area contributed by atoms with Crippen LogP contribution in [-0.4, -0.2) is 19.3 Å². The fraction of sp³-hybridized carbons (Fsp3) is 0.400. The number of nitrogens with zero attached hydrogens (tertiary/aromatic N) is 1. The monoisotopic (exact) mass is 276 g/mol. The highest BCUT2D eigenvalue weighted by atomic mass is 16.5. The normalized spacial score (nSPS) is 10.6. The van der Waals surface area contributed by atoms with Crippen LogP contribution in [0.2, 0.25) is 0 Å². The van der Waals surface area contributed by atoms with Gasteiger partial charge in [-0.15, -0.1) is 0 Å². The standard InChI is InChI=1S/C15H20N2O3/c1-10-14(11(2)20-17-10)9-19-15-6-5-13(18-4)7-12(15)8-16-3/h5-7,16H,8-9H2,1-4H3. The van der Waals surface area contributed by atoms with Crippen LogP contribution in [0.3, 0.4) is 0 Å². The predicted molar refractivity (Wildman–Crippen MR) is 76.1 cm³/mol. The molecular weight excluding hydrogens is 256 g/mol. The van der Waals surface area contributed by atoms with Gasteiger partial charge >= 0.3 is 0 Å². The van der Waals surface area contributed by atoms with Crippen molar-refractivity contribution in [1.29, 1.82) is 0 Å². The maximum Gasteiger partial charge on any atom is 0.140 e. The van der Waals surface area contributed by atoms with E-state index in [9.17, 15) is 0 Å². The fourth-order valence-corrected chi connectivity index (χ4v) is 2.01. The molecule has 5 nitrogen and oxygen atoms in total. The smallest absolute Gasteiger partial charge is 0.140 e. The van der Waals surface area contributed by atoms with E-state index in [1.807, 2.05) is 39.1 Å². The van der Waals surface area contributed by atoms with Gasteiger partial charge in [-0.1, -0.05) is 5.16 Å². The van der Waals surface area contributed by atoms with Crippen molar-refractivity contribution in [2.45, 2.75) is 27.0 Å². The van der Waals surface area contributed by atoms with Gasteiger partial charge < -0.3 is 19.3 Å². The molecule has 0 amide bonds. The summed E-state index contributed by atoms with van der Waals surface area (Å²) in [5, 5.41) is 7.05. The van der Waals surface area contributed by atoms with E-state index >= 15 is 0 Å². The molecule has 0 fully saturated rings. The molecule has 0 saturated heterocycles. The summed E-state index contributed by atoms with van der Waals surface area (Å²) in [7, 11) is 3.56. The van der Waals surface area contributed by atoms with Gasteiger partial charge in [0, 0.05) is 12.1 Å². The molecule has 5 heteroatoms. The number of nitrogens with one attached hydrogen (secondary N) is 1. The van der Waals surface area contributed by atoms with Crippen molar-refractivity contribution in [2.75, 3.05) is 14.2 Å². The zero-order chi connectivity index (χ0) is 14.5. The summed E-state index contributed by atoms with van der Waals surface area (Å²) >= 11 is 0. The number of ether oxygens (including phenoxy) is 2. The van der Waals surface area contributed by atoms with E-state index < -0.39 is 0 Å². The summed E-state index contributed by atoms with van der Waals surface area (Å²) in [6.07, 6.45) is 0. The van der Waals surface area contributed by atoms with Crippen LogP contribution < -0.4 is 14.8 Å². The molecule has 108 valence electrons. The fourth-order valence-electron chi connectivity index (χ4n) is 2.01. The topological polar surface area (TPSA) is 56.5 Å². The van der Waals surface area contributed by atoms with Gasteiger partial charge in [0.2, 0.25) is 0 Å². The van der Waals surface area contributed by atoms with E-state index in [1.165, 1.54) is 0 Å². The Labute approximate surface area is 118 Å². The zero-order valence-electron chi connectivity index (χ0n) is 12.3. The summed E-state index contributed by atoms with van der Waals surface area (Å²) in [4.78, 5) is 0. The van der Waals surface area contributed by atoms with Crippen molar-refractivity contribution in [3.63, 3.8) is 0 Å². The molecule has 2 rings (SSSR count). The number of methoxy groups -OCH3 is 1. The van der Waals surface area contributed by atoms with Gasteiger partial charge in [0.15, 0.2) is 0 Å². The second-order valence-corrected chi connectivity index (χ2v) is 4.60. The summed E-state index contributed by atoms with van der Waals surface area (Å²) in [6.45, 7) is 4.97. The number of hydrogen-bond donors (Lipinski definition) is 1. The molecule has 0 saturated carbocycles. The Hall–Kier alpha value is -2.01. The lowest BCUT2D eigenvalue weighted by molar-refractivity contribution is 0.297. The first kappa shape index (κ1) is 14.4. The molecule has 0 spiro atoms. The van der Waals surface area contributed by atoms with E-state index in [0.717, 1.165) is 34.1 Å². The highest BCUT2D eigenvalue weighted by molar-refractivity contribution is 5.40. The first-order valence-electron chi connectivity index (χ1n) is 6.51. The molecule has 0 unspecified atom stereocenters. The maximum absolute atomic E-state index is 5.90. The largest absolute Gasteiger partial charge is 0.497 e.